The second-order valence-corrected chi connectivity index (χ2v) is 7.49. The smallest absolute Gasteiger partial charge is 0.0181 e. The average Bonchev–Trinajstić information content (AvgIpc) is 2.49. The number of halogens is 2. The molecule has 0 aliphatic heterocycles. The fourth-order valence-corrected chi connectivity index (χ4v) is 3.71. The van der Waals surface area contributed by atoms with Gasteiger partial charge in [0.2, 0.25) is 0 Å². The standard InChI is InChI=1S/C20H18Br2/c21-19-9-3-5-15(13-19)11-17-7-1-2-8-18(17)12-16-6-4-10-20(22)14-16/h3-6,9-14H,1-2,7-8H2. The molecule has 0 bridgehead atoms. The summed E-state index contributed by atoms with van der Waals surface area (Å²) in [5.74, 6) is 0. The van der Waals surface area contributed by atoms with Crippen LogP contribution in [0.2, 0.25) is 0 Å². The zero-order chi connectivity index (χ0) is 15.4. The predicted octanol–water partition coefficient (Wildman–Crippen LogP) is 7.25. The van der Waals surface area contributed by atoms with Gasteiger partial charge >= 0.3 is 0 Å². The van der Waals surface area contributed by atoms with Gasteiger partial charge in [0, 0.05) is 8.95 Å². The quantitative estimate of drug-likeness (QED) is 0.482. The van der Waals surface area contributed by atoms with Crippen LogP contribution in [0, 0.1) is 0 Å². The summed E-state index contributed by atoms with van der Waals surface area (Å²) in [6, 6.07) is 17.0. The molecule has 0 N–H and O–H groups in total. The zero-order valence-electron chi connectivity index (χ0n) is 12.4. The van der Waals surface area contributed by atoms with E-state index in [1.54, 1.807) is 0 Å². The van der Waals surface area contributed by atoms with E-state index in [0.717, 1.165) is 8.95 Å². The maximum atomic E-state index is 3.55. The van der Waals surface area contributed by atoms with Gasteiger partial charge in [-0.3, -0.25) is 0 Å². The maximum Gasteiger partial charge on any atom is 0.0181 e. The van der Waals surface area contributed by atoms with Crippen LogP contribution in [0.3, 0.4) is 0 Å². The van der Waals surface area contributed by atoms with Crippen molar-refractivity contribution in [1.29, 1.82) is 0 Å². The first-order valence-electron chi connectivity index (χ1n) is 7.63. The van der Waals surface area contributed by atoms with E-state index in [0.29, 0.717) is 0 Å². The Hall–Kier alpha value is -1.12. The van der Waals surface area contributed by atoms with Crippen LogP contribution in [0.5, 0.6) is 0 Å². The highest BCUT2D eigenvalue weighted by molar-refractivity contribution is 9.10. The fraction of sp³-hybridized carbons (Fsp3) is 0.200. The summed E-state index contributed by atoms with van der Waals surface area (Å²) < 4.78 is 2.27. The minimum atomic E-state index is 1.13. The molecule has 2 aromatic rings. The van der Waals surface area contributed by atoms with Crippen LogP contribution < -0.4 is 0 Å². The van der Waals surface area contributed by atoms with Gasteiger partial charge in [-0.1, -0.05) is 68.3 Å². The van der Waals surface area contributed by atoms with Crippen LogP contribution in [-0.4, -0.2) is 0 Å². The summed E-state index contributed by atoms with van der Waals surface area (Å²) in [4.78, 5) is 0. The van der Waals surface area contributed by atoms with Gasteiger partial charge in [0.1, 0.15) is 0 Å². The molecule has 0 unspecified atom stereocenters. The Labute approximate surface area is 149 Å². The van der Waals surface area contributed by atoms with Crippen molar-refractivity contribution in [2.75, 3.05) is 0 Å². The Bertz CT molecular complexity index is 662. The number of hydrogen-bond donors (Lipinski definition) is 0. The van der Waals surface area contributed by atoms with E-state index in [4.69, 9.17) is 0 Å². The zero-order valence-corrected chi connectivity index (χ0v) is 15.5. The summed E-state index contributed by atoms with van der Waals surface area (Å²) in [6.07, 6.45) is 9.60. The third-order valence-corrected chi connectivity index (χ3v) is 4.92. The van der Waals surface area contributed by atoms with Crippen molar-refractivity contribution >= 4 is 44.0 Å². The maximum absolute atomic E-state index is 3.55. The molecule has 0 atom stereocenters. The topological polar surface area (TPSA) is 0 Å². The minimum absolute atomic E-state index is 1.13. The number of hydrogen-bond acceptors (Lipinski definition) is 0. The Morgan fingerprint density at radius 1 is 0.682 bits per heavy atom. The van der Waals surface area contributed by atoms with E-state index < -0.39 is 0 Å². The van der Waals surface area contributed by atoms with Crippen molar-refractivity contribution in [3.05, 3.63) is 79.7 Å². The van der Waals surface area contributed by atoms with Crippen molar-refractivity contribution in [1.82, 2.24) is 0 Å². The van der Waals surface area contributed by atoms with Gasteiger partial charge < -0.3 is 0 Å². The van der Waals surface area contributed by atoms with Crippen molar-refractivity contribution < 1.29 is 0 Å². The molecule has 0 aromatic heterocycles. The molecule has 1 aliphatic carbocycles. The monoisotopic (exact) mass is 416 g/mol. The van der Waals surface area contributed by atoms with Gasteiger partial charge in [0.25, 0.3) is 0 Å². The van der Waals surface area contributed by atoms with Crippen molar-refractivity contribution in [3.63, 3.8) is 0 Å². The summed E-state index contributed by atoms with van der Waals surface area (Å²) in [6.45, 7) is 0. The Balaban J connectivity index is 1.94. The molecule has 22 heavy (non-hydrogen) atoms. The molecule has 0 amide bonds. The number of benzene rings is 2. The van der Waals surface area contributed by atoms with Gasteiger partial charge in [-0.15, -0.1) is 0 Å². The van der Waals surface area contributed by atoms with E-state index in [2.05, 4.69) is 92.5 Å². The Morgan fingerprint density at radius 3 is 1.55 bits per heavy atom. The van der Waals surface area contributed by atoms with Gasteiger partial charge in [-0.25, -0.2) is 0 Å². The van der Waals surface area contributed by atoms with Crippen LogP contribution in [0.15, 0.2) is 68.6 Å². The Morgan fingerprint density at radius 2 is 1.14 bits per heavy atom. The predicted molar refractivity (Wildman–Crippen MR) is 103 cm³/mol. The molecule has 0 radical (unpaired) electrons. The number of rotatable bonds is 2. The van der Waals surface area contributed by atoms with Crippen molar-refractivity contribution in [2.45, 2.75) is 25.7 Å². The third kappa shape index (κ3) is 4.21. The van der Waals surface area contributed by atoms with E-state index in [-0.39, 0.29) is 0 Å². The lowest BCUT2D eigenvalue weighted by Crippen LogP contribution is -1.98. The van der Waals surface area contributed by atoms with E-state index >= 15 is 0 Å². The molecule has 1 saturated carbocycles. The molecule has 2 heteroatoms. The second-order valence-electron chi connectivity index (χ2n) is 5.66. The molecular formula is C20H18Br2. The van der Waals surface area contributed by atoms with Crippen LogP contribution >= 0.6 is 31.9 Å². The molecule has 112 valence electrons. The molecule has 0 saturated heterocycles. The van der Waals surface area contributed by atoms with Gasteiger partial charge in [-0.2, -0.15) is 0 Å². The lowest BCUT2D eigenvalue weighted by molar-refractivity contribution is 0.685. The highest BCUT2D eigenvalue weighted by Crippen LogP contribution is 2.32. The van der Waals surface area contributed by atoms with E-state index in [1.807, 2.05) is 0 Å². The molecular weight excluding hydrogens is 400 g/mol. The SMILES string of the molecule is Brc1cccc(C=C2CCCCC2=Cc2cccc(Br)c2)c1. The average molecular weight is 418 g/mol. The van der Waals surface area contributed by atoms with Crippen LogP contribution in [0.1, 0.15) is 36.8 Å². The Kier molecular flexibility index (Phi) is 5.32. The van der Waals surface area contributed by atoms with Crippen LogP contribution in [0.4, 0.5) is 0 Å². The van der Waals surface area contributed by atoms with Gasteiger partial charge in [0.15, 0.2) is 0 Å². The van der Waals surface area contributed by atoms with Gasteiger partial charge in [0.05, 0.1) is 0 Å². The lowest BCUT2D eigenvalue weighted by Gasteiger charge is -2.18. The van der Waals surface area contributed by atoms with Gasteiger partial charge in [-0.05, 0) is 72.2 Å². The van der Waals surface area contributed by atoms with E-state index in [9.17, 15) is 0 Å². The first-order chi connectivity index (χ1) is 10.7. The van der Waals surface area contributed by atoms with Crippen molar-refractivity contribution in [3.8, 4) is 0 Å². The molecule has 0 spiro atoms. The summed E-state index contributed by atoms with van der Waals surface area (Å²) in [5.41, 5.74) is 5.49. The summed E-state index contributed by atoms with van der Waals surface area (Å²) >= 11 is 7.11. The summed E-state index contributed by atoms with van der Waals surface area (Å²) in [7, 11) is 0. The van der Waals surface area contributed by atoms with Crippen LogP contribution in [0.25, 0.3) is 12.2 Å². The second kappa shape index (κ2) is 7.43. The lowest BCUT2D eigenvalue weighted by atomic mass is 9.87. The highest BCUT2D eigenvalue weighted by atomic mass is 79.9. The summed E-state index contributed by atoms with van der Waals surface area (Å²) in [5, 5.41) is 0. The third-order valence-electron chi connectivity index (χ3n) is 3.93. The normalized spacial score (nSPS) is 18.8. The molecule has 0 heterocycles. The molecule has 2 aromatic carbocycles. The highest BCUT2D eigenvalue weighted by Gasteiger charge is 2.12. The molecule has 1 fully saturated rings. The van der Waals surface area contributed by atoms with Crippen molar-refractivity contribution in [2.24, 2.45) is 0 Å². The molecule has 3 rings (SSSR count). The van der Waals surface area contributed by atoms with Crippen LogP contribution in [-0.2, 0) is 0 Å². The largest absolute Gasteiger partial charge is 0.0606 e. The first-order valence-corrected chi connectivity index (χ1v) is 9.22. The minimum Gasteiger partial charge on any atom is -0.0606 e. The first kappa shape index (κ1) is 15.8. The molecule has 0 nitrogen and oxygen atoms in total. The fourth-order valence-electron chi connectivity index (χ4n) is 2.88. The van der Waals surface area contributed by atoms with E-state index in [1.165, 1.54) is 48.0 Å². The molecule has 1 aliphatic rings. The number of allylic oxidation sites excluding steroid dienone is 2.